The maximum atomic E-state index is 5.48. The molecule has 0 saturated heterocycles. The molecule has 0 atom stereocenters. The summed E-state index contributed by atoms with van der Waals surface area (Å²) in [6, 6.07) is 10.1. The van der Waals surface area contributed by atoms with Crippen molar-refractivity contribution in [2.24, 2.45) is 0 Å². The topological polar surface area (TPSA) is 34.2 Å². The fraction of sp³-hybridized carbons (Fsp3) is 0.267. The van der Waals surface area contributed by atoms with Gasteiger partial charge in [-0.3, -0.25) is 0 Å². The van der Waals surface area contributed by atoms with Crippen LogP contribution in [-0.2, 0) is 6.42 Å². The zero-order valence-electron chi connectivity index (χ0n) is 11.0. The molecule has 0 aliphatic carbocycles. The van der Waals surface area contributed by atoms with E-state index in [0.717, 1.165) is 23.7 Å². The highest BCUT2D eigenvalue weighted by Crippen LogP contribution is 2.31. The molecule has 2 rings (SSSR count). The molecule has 1 aromatic carbocycles. The Morgan fingerprint density at radius 2 is 2.11 bits per heavy atom. The molecule has 0 saturated carbocycles. The fourth-order valence-electron chi connectivity index (χ4n) is 1.95. The van der Waals surface area contributed by atoms with Crippen LogP contribution in [0.25, 0.3) is 0 Å². The lowest BCUT2D eigenvalue weighted by Gasteiger charge is -2.14. The molecule has 1 N–H and O–H groups in total. The molecule has 2 aromatic rings. The lowest BCUT2D eigenvalue weighted by Crippen LogP contribution is -1.99. The van der Waals surface area contributed by atoms with Crippen LogP contribution in [0.2, 0.25) is 0 Å². The van der Waals surface area contributed by atoms with Crippen LogP contribution in [0, 0.1) is 6.92 Å². The average Bonchev–Trinajstić information content (AvgIpc) is 2.38. The van der Waals surface area contributed by atoms with Crippen molar-refractivity contribution in [3.8, 4) is 5.75 Å². The zero-order chi connectivity index (χ0) is 13.0. The van der Waals surface area contributed by atoms with Crippen molar-refractivity contribution < 1.29 is 4.74 Å². The Bertz CT molecular complexity index is 538. The van der Waals surface area contributed by atoms with E-state index in [0.29, 0.717) is 0 Å². The molecule has 0 bridgehead atoms. The Balaban J connectivity index is 2.34. The molecule has 3 heteroatoms. The van der Waals surface area contributed by atoms with Gasteiger partial charge in [0, 0.05) is 6.20 Å². The molecule has 3 nitrogen and oxygen atoms in total. The van der Waals surface area contributed by atoms with Crippen molar-refractivity contribution in [2.45, 2.75) is 20.3 Å². The Morgan fingerprint density at radius 1 is 1.28 bits per heavy atom. The molecule has 0 amide bonds. The summed E-state index contributed by atoms with van der Waals surface area (Å²) in [5.74, 6) is 1.73. The highest BCUT2D eigenvalue weighted by Gasteiger charge is 2.08. The first-order valence-corrected chi connectivity index (χ1v) is 6.10. The van der Waals surface area contributed by atoms with Crippen molar-refractivity contribution in [1.29, 1.82) is 0 Å². The minimum absolute atomic E-state index is 0.835. The van der Waals surface area contributed by atoms with Crippen LogP contribution in [0.5, 0.6) is 5.75 Å². The van der Waals surface area contributed by atoms with Crippen LogP contribution >= 0.6 is 0 Å². The van der Waals surface area contributed by atoms with Gasteiger partial charge in [-0.2, -0.15) is 0 Å². The van der Waals surface area contributed by atoms with Crippen LogP contribution in [0.1, 0.15) is 18.1 Å². The normalized spacial score (nSPS) is 10.2. The molecule has 0 unspecified atom stereocenters. The number of anilines is 2. The lowest BCUT2D eigenvalue weighted by molar-refractivity contribution is 0.412. The third-order valence-corrected chi connectivity index (χ3v) is 2.86. The number of aromatic nitrogens is 1. The Kier molecular flexibility index (Phi) is 3.82. The van der Waals surface area contributed by atoms with Crippen molar-refractivity contribution >= 4 is 11.5 Å². The molecular formula is C15H18N2O. The second-order valence-corrected chi connectivity index (χ2v) is 4.19. The van der Waals surface area contributed by atoms with Gasteiger partial charge in [0.05, 0.1) is 12.8 Å². The van der Waals surface area contributed by atoms with E-state index in [9.17, 15) is 0 Å². The van der Waals surface area contributed by atoms with Gasteiger partial charge in [-0.15, -0.1) is 0 Å². The lowest BCUT2D eigenvalue weighted by atomic mass is 10.1. The van der Waals surface area contributed by atoms with Gasteiger partial charge in [-0.25, -0.2) is 4.98 Å². The van der Waals surface area contributed by atoms with Gasteiger partial charge in [0.2, 0.25) is 0 Å². The van der Waals surface area contributed by atoms with Gasteiger partial charge >= 0.3 is 0 Å². The van der Waals surface area contributed by atoms with E-state index in [4.69, 9.17) is 4.74 Å². The van der Waals surface area contributed by atoms with E-state index in [1.54, 1.807) is 13.3 Å². The number of benzene rings is 1. The van der Waals surface area contributed by atoms with Crippen LogP contribution in [0.3, 0.4) is 0 Å². The van der Waals surface area contributed by atoms with Crippen LogP contribution < -0.4 is 10.1 Å². The first-order valence-electron chi connectivity index (χ1n) is 6.10. The number of hydrogen-bond acceptors (Lipinski definition) is 3. The Labute approximate surface area is 108 Å². The summed E-state index contributed by atoms with van der Waals surface area (Å²) in [6.07, 6.45) is 2.74. The number of ether oxygens (including phenoxy) is 1. The number of para-hydroxylation sites is 1. The van der Waals surface area contributed by atoms with Gasteiger partial charge in [-0.05, 0) is 42.7 Å². The summed E-state index contributed by atoms with van der Waals surface area (Å²) in [5, 5.41) is 3.30. The third kappa shape index (κ3) is 2.62. The second kappa shape index (κ2) is 5.54. The van der Waals surface area contributed by atoms with Gasteiger partial charge < -0.3 is 10.1 Å². The first kappa shape index (κ1) is 12.4. The van der Waals surface area contributed by atoms with Gasteiger partial charge in [0.1, 0.15) is 11.6 Å². The van der Waals surface area contributed by atoms with Crippen LogP contribution in [0.4, 0.5) is 11.5 Å². The summed E-state index contributed by atoms with van der Waals surface area (Å²) in [7, 11) is 1.70. The van der Waals surface area contributed by atoms with E-state index in [1.165, 1.54) is 11.1 Å². The number of nitrogens with one attached hydrogen (secondary N) is 1. The quantitative estimate of drug-likeness (QED) is 0.887. The number of methoxy groups -OCH3 is 1. The highest BCUT2D eigenvalue weighted by atomic mass is 16.5. The molecule has 0 aliphatic heterocycles. The molecule has 1 aromatic heterocycles. The van der Waals surface area contributed by atoms with Crippen LogP contribution in [-0.4, -0.2) is 12.1 Å². The predicted molar refractivity (Wildman–Crippen MR) is 74.6 cm³/mol. The van der Waals surface area contributed by atoms with Crippen molar-refractivity contribution in [2.75, 3.05) is 12.4 Å². The third-order valence-electron chi connectivity index (χ3n) is 2.86. The standard InChI is InChI=1S/C15H18N2O/c1-4-12-6-5-7-13(15(12)18-3)17-14-10-11(2)8-9-16-14/h5-10H,4H2,1-3H3,(H,16,17). The number of nitrogens with zero attached hydrogens (tertiary/aromatic N) is 1. The number of rotatable bonds is 4. The maximum Gasteiger partial charge on any atom is 0.145 e. The van der Waals surface area contributed by atoms with E-state index in [1.807, 2.05) is 31.2 Å². The van der Waals surface area contributed by atoms with E-state index in [-0.39, 0.29) is 0 Å². The molecular weight excluding hydrogens is 224 g/mol. The Hall–Kier alpha value is -2.03. The second-order valence-electron chi connectivity index (χ2n) is 4.19. The summed E-state index contributed by atoms with van der Waals surface area (Å²) in [6.45, 7) is 4.17. The molecule has 94 valence electrons. The molecule has 18 heavy (non-hydrogen) atoms. The maximum absolute atomic E-state index is 5.48. The van der Waals surface area contributed by atoms with E-state index >= 15 is 0 Å². The summed E-state index contributed by atoms with van der Waals surface area (Å²) >= 11 is 0. The molecule has 0 spiro atoms. The number of aryl methyl sites for hydroxylation is 2. The van der Waals surface area contributed by atoms with E-state index < -0.39 is 0 Å². The van der Waals surface area contributed by atoms with Crippen LogP contribution in [0.15, 0.2) is 36.5 Å². The van der Waals surface area contributed by atoms with Gasteiger partial charge in [0.15, 0.2) is 0 Å². The van der Waals surface area contributed by atoms with Crippen molar-refractivity contribution in [1.82, 2.24) is 4.98 Å². The van der Waals surface area contributed by atoms with Crippen molar-refractivity contribution in [3.63, 3.8) is 0 Å². The number of hydrogen-bond donors (Lipinski definition) is 1. The molecule has 1 heterocycles. The molecule has 0 fully saturated rings. The molecule has 0 aliphatic rings. The predicted octanol–water partition coefficient (Wildman–Crippen LogP) is 3.70. The Morgan fingerprint density at radius 3 is 2.78 bits per heavy atom. The van der Waals surface area contributed by atoms with Gasteiger partial charge in [-0.1, -0.05) is 19.1 Å². The first-order chi connectivity index (χ1) is 8.74. The van der Waals surface area contributed by atoms with E-state index in [2.05, 4.69) is 23.3 Å². The van der Waals surface area contributed by atoms with Gasteiger partial charge in [0.25, 0.3) is 0 Å². The molecule has 0 radical (unpaired) electrons. The minimum atomic E-state index is 0.835. The highest BCUT2D eigenvalue weighted by molar-refractivity contribution is 5.66. The zero-order valence-corrected chi connectivity index (χ0v) is 11.0. The minimum Gasteiger partial charge on any atom is -0.494 e. The number of pyridine rings is 1. The SMILES string of the molecule is CCc1cccc(Nc2cc(C)ccn2)c1OC. The fourth-order valence-corrected chi connectivity index (χ4v) is 1.95. The van der Waals surface area contributed by atoms with Crippen molar-refractivity contribution in [3.05, 3.63) is 47.7 Å². The smallest absolute Gasteiger partial charge is 0.145 e. The summed E-state index contributed by atoms with van der Waals surface area (Å²) in [5.41, 5.74) is 3.32. The largest absolute Gasteiger partial charge is 0.494 e. The average molecular weight is 242 g/mol. The monoisotopic (exact) mass is 242 g/mol. The summed E-state index contributed by atoms with van der Waals surface area (Å²) < 4.78 is 5.48. The summed E-state index contributed by atoms with van der Waals surface area (Å²) in [4.78, 5) is 4.30.